The standard InChI is InChI=1S/C16H19IO3/c17-14-4-2-1-3-13(14)15(18)12-5-8-20-16(11-12)6-9-19-10-7-16/h1-4,12H,5-11H2. The van der Waals surface area contributed by atoms with E-state index in [9.17, 15) is 4.79 Å². The Balaban J connectivity index is 1.77. The van der Waals surface area contributed by atoms with Crippen LogP contribution in [0.4, 0.5) is 0 Å². The molecule has 0 bridgehead atoms. The molecular weight excluding hydrogens is 367 g/mol. The Kier molecular flexibility index (Phi) is 4.43. The molecule has 2 aliphatic rings. The van der Waals surface area contributed by atoms with E-state index in [2.05, 4.69) is 22.6 Å². The van der Waals surface area contributed by atoms with E-state index >= 15 is 0 Å². The van der Waals surface area contributed by atoms with Crippen molar-refractivity contribution in [3.05, 3.63) is 33.4 Å². The highest BCUT2D eigenvalue weighted by atomic mass is 127. The molecule has 1 spiro atoms. The van der Waals surface area contributed by atoms with Crippen LogP contribution in [0, 0.1) is 9.49 Å². The van der Waals surface area contributed by atoms with Crippen molar-refractivity contribution in [1.82, 2.24) is 0 Å². The maximum Gasteiger partial charge on any atom is 0.167 e. The minimum Gasteiger partial charge on any atom is -0.381 e. The lowest BCUT2D eigenvalue weighted by molar-refractivity contribution is -0.142. The zero-order valence-electron chi connectivity index (χ0n) is 11.4. The Bertz CT molecular complexity index is 489. The molecule has 2 heterocycles. The van der Waals surface area contributed by atoms with Crippen LogP contribution in [-0.4, -0.2) is 31.2 Å². The van der Waals surface area contributed by atoms with Crippen LogP contribution in [-0.2, 0) is 9.47 Å². The van der Waals surface area contributed by atoms with Gasteiger partial charge in [-0.3, -0.25) is 4.79 Å². The molecule has 3 rings (SSSR count). The largest absolute Gasteiger partial charge is 0.381 e. The maximum absolute atomic E-state index is 12.8. The highest BCUT2D eigenvalue weighted by Crippen LogP contribution is 2.38. The van der Waals surface area contributed by atoms with Crippen molar-refractivity contribution in [3.8, 4) is 0 Å². The second kappa shape index (κ2) is 6.12. The zero-order chi connectivity index (χ0) is 14.0. The molecule has 2 fully saturated rings. The van der Waals surface area contributed by atoms with Crippen LogP contribution in [0.3, 0.4) is 0 Å². The zero-order valence-corrected chi connectivity index (χ0v) is 13.6. The van der Waals surface area contributed by atoms with E-state index in [-0.39, 0.29) is 17.3 Å². The minimum atomic E-state index is -0.114. The van der Waals surface area contributed by atoms with Crippen molar-refractivity contribution in [3.63, 3.8) is 0 Å². The van der Waals surface area contributed by atoms with E-state index in [0.29, 0.717) is 6.61 Å². The summed E-state index contributed by atoms with van der Waals surface area (Å²) < 4.78 is 12.5. The van der Waals surface area contributed by atoms with Crippen LogP contribution in [0.25, 0.3) is 0 Å². The van der Waals surface area contributed by atoms with Gasteiger partial charge in [0.2, 0.25) is 0 Å². The first-order valence-electron chi connectivity index (χ1n) is 7.21. The van der Waals surface area contributed by atoms with Gasteiger partial charge in [-0.2, -0.15) is 0 Å². The summed E-state index contributed by atoms with van der Waals surface area (Å²) in [6.45, 7) is 2.20. The van der Waals surface area contributed by atoms with Crippen LogP contribution in [0.15, 0.2) is 24.3 Å². The molecule has 0 aromatic heterocycles. The number of halogens is 1. The predicted octanol–water partition coefficient (Wildman–Crippen LogP) is 3.45. The summed E-state index contributed by atoms with van der Waals surface area (Å²) in [6.07, 6.45) is 3.53. The normalized spacial score (nSPS) is 25.6. The van der Waals surface area contributed by atoms with E-state index in [1.54, 1.807) is 0 Å². The van der Waals surface area contributed by atoms with Gasteiger partial charge in [0.1, 0.15) is 0 Å². The predicted molar refractivity (Wildman–Crippen MR) is 84.9 cm³/mol. The van der Waals surface area contributed by atoms with Gasteiger partial charge in [0.25, 0.3) is 0 Å². The first-order valence-corrected chi connectivity index (χ1v) is 8.29. The minimum absolute atomic E-state index is 0.0952. The van der Waals surface area contributed by atoms with Crippen molar-refractivity contribution in [2.75, 3.05) is 19.8 Å². The molecule has 1 atom stereocenters. The average molecular weight is 386 g/mol. The van der Waals surface area contributed by atoms with Gasteiger partial charge in [-0.25, -0.2) is 0 Å². The topological polar surface area (TPSA) is 35.5 Å². The first-order chi connectivity index (χ1) is 9.70. The van der Waals surface area contributed by atoms with Gasteiger partial charge >= 0.3 is 0 Å². The Labute approximate surface area is 133 Å². The summed E-state index contributed by atoms with van der Waals surface area (Å²) in [6, 6.07) is 7.86. The van der Waals surface area contributed by atoms with Crippen LogP contribution in [0.2, 0.25) is 0 Å². The molecule has 4 heteroatoms. The molecule has 1 aromatic carbocycles. The highest BCUT2D eigenvalue weighted by Gasteiger charge is 2.41. The number of Topliss-reactive ketones (excluding diaryl/α,β-unsaturated/α-hetero) is 1. The lowest BCUT2D eigenvalue weighted by Gasteiger charge is -2.43. The molecule has 0 N–H and O–H groups in total. The summed E-state index contributed by atoms with van der Waals surface area (Å²) in [5.41, 5.74) is 0.749. The van der Waals surface area contributed by atoms with Gasteiger partial charge < -0.3 is 9.47 Å². The maximum atomic E-state index is 12.8. The lowest BCUT2D eigenvalue weighted by Crippen LogP contribution is -2.46. The lowest BCUT2D eigenvalue weighted by atomic mass is 9.78. The summed E-state index contributed by atoms with van der Waals surface area (Å²) in [7, 11) is 0. The van der Waals surface area contributed by atoms with Crippen LogP contribution in [0.5, 0.6) is 0 Å². The van der Waals surface area contributed by atoms with Gasteiger partial charge in [-0.15, -0.1) is 0 Å². The number of carbonyl (C=O) groups excluding carboxylic acids is 1. The second-order valence-electron chi connectivity index (χ2n) is 5.68. The number of rotatable bonds is 2. The van der Waals surface area contributed by atoms with E-state index in [1.807, 2.05) is 24.3 Å². The van der Waals surface area contributed by atoms with E-state index in [4.69, 9.17) is 9.47 Å². The average Bonchev–Trinajstić information content (AvgIpc) is 2.48. The molecule has 0 saturated carbocycles. The molecule has 20 heavy (non-hydrogen) atoms. The summed E-state index contributed by atoms with van der Waals surface area (Å²) >= 11 is 2.25. The molecule has 1 unspecified atom stereocenters. The van der Waals surface area contributed by atoms with Gasteiger partial charge in [0.05, 0.1) is 5.60 Å². The third-order valence-corrected chi connectivity index (χ3v) is 5.35. The van der Waals surface area contributed by atoms with Crippen molar-refractivity contribution >= 4 is 28.4 Å². The molecule has 3 nitrogen and oxygen atoms in total. The number of carbonyl (C=O) groups is 1. The van der Waals surface area contributed by atoms with Crippen molar-refractivity contribution in [2.45, 2.75) is 31.3 Å². The third kappa shape index (κ3) is 2.92. The molecule has 2 aliphatic heterocycles. The Hall–Kier alpha value is -0.460. The summed E-state index contributed by atoms with van der Waals surface area (Å²) in [5.74, 6) is 0.377. The fourth-order valence-corrected chi connectivity index (χ4v) is 3.88. The molecular formula is C16H19IO3. The monoisotopic (exact) mass is 386 g/mol. The third-order valence-electron chi connectivity index (χ3n) is 4.41. The summed E-state index contributed by atoms with van der Waals surface area (Å²) in [5, 5.41) is 0. The van der Waals surface area contributed by atoms with Gasteiger partial charge in [-0.05, 0) is 54.3 Å². The van der Waals surface area contributed by atoms with Crippen LogP contribution >= 0.6 is 22.6 Å². The molecule has 0 aliphatic carbocycles. The van der Waals surface area contributed by atoms with Crippen LogP contribution in [0.1, 0.15) is 36.0 Å². The Morgan fingerprint density at radius 2 is 1.95 bits per heavy atom. The van der Waals surface area contributed by atoms with E-state index in [1.165, 1.54) is 0 Å². The van der Waals surface area contributed by atoms with Gasteiger partial charge in [-0.1, -0.05) is 18.2 Å². The molecule has 0 radical (unpaired) electrons. The second-order valence-corrected chi connectivity index (χ2v) is 6.84. The first kappa shape index (κ1) is 14.5. The number of ketones is 1. The summed E-state index contributed by atoms with van der Waals surface area (Å²) in [4.78, 5) is 12.8. The smallest absolute Gasteiger partial charge is 0.167 e. The van der Waals surface area contributed by atoms with Crippen molar-refractivity contribution in [2.24, 2.45) is 5.92 Å². The van der Waals surface area contributed by atoms with E-state index < -0.39 is 0 Å². The Morgan fingerprint density at radius 3 is 2.70 bits per heavy atom. The molecule has 2 saturated heterocycles. The fraction of sp³-hybridized carbons (Fsp3) is 0.562. The number of benzene rings is 1. The number of hydrogen-bond donors (Lipinski definition) is 0. The van der Waals surface area contributed by atoms with Crippen molar-refractivity contribution < 1.29 is 14.3 Å². The van der Waals surface area contributed by atoms with Crippen molar-refractivity contribution in [1.29, 1.82) is 0 Å². The fourth-order valence-electron chi connectivity index (χ4n) is 3.22. The van der Waals surface area contributed by atoms with E-state index in [0.717, 1.165) is 48.0 Å². The van der Waals surface area contributed by atoms with Gasteiger partial charge in [0, 0.05) is 34.9 Å². The Morgan fingerprint density at radius 1 is 1.20 bits per heavy atom. The highest BCUT2D eigenvalue weighted by molar-refractivity contribution is 14.1. The molecule has 0 amide bonds. The van der Waals surface area contributed by atoms with Crippen LogP contribution < -0.4 is 0 Å². The molecule has 108 valence electrons. The SMILES string of the molecule is O=C(c1ccccc1I)C1CCOC2(CCOCC2)C1. The number of hydrogen-bond acceptors (Lipinski definition) is 3. The number of ether oxygens (including phenoxy) is 2. The quantitative estimate of drug-likeness (QED) is 0.577. The van der Waals surface area contributed by atoms with Gasteiger partial charge in [0.15, 0.2) is 5.78 Å². The molecule has 1 aromatic rings.